The number of halogens is 1. The molecule has 0 heterocycles. The zero-order valence-electron chi connectivity index (χ0n) is 11.0. The second kappa shape index (κ2) is 5.54. The fraction of sp³-hybridized carbons (Fsp3) is 0.500. The summed E-state index contributed by atoms with van der Waals surface area (Å²) in [5, 5.41) is 0. The minimum atomic E-state index is -0.214. The number of aryl methyl sites for hydroxylation is 1. The molecule has 0 N–H and O–H groups in total. The van der Waals surface area contributed by atoms with Crippen molar-refractivity contribution in [1.29, 1.82) is 0 Å². The van der Waals surface area contributed by atoms with Gasteiger partial charge in [0.25, 0.3) is 0 Å². The van der Waals surface area contributed by atoms with Gasteiger partial charge in [-0.15, -0.1) is 11.6 Å². The van der Waals surface area contributed by atoms with E-state index in [0.29, 0.717) is 6.54 Å². The number of amides is 1. The fourth-order valence-electron chi connectivity index (χ4n) is 1.73. The number of carbonyl (C=O) groups excluding carboxylic acids is 1. The molecule has 1 aromatic rings. The number of hydrogen-bond donors (Lipinski definition) is 0. The highest BCUT2D eigenvalue weighted by Gasteiger charge is 2.25. The van der Waals surface area contributed by atoms with Gasteiger partial charge in [0.2, 0.25) is 5.91 Å². The van der Waals surface area contributed by atoms with Crippen LogP contribution in [0.5, 0.6) is 0 Å². The SMILES string of the molecule is Cc1ccccc1CN(C(=O)CCl)C(C)(C)C. The maximum absolute atomic E-state index is 11.9. The Morgan fingerprint density at radius 1 is 1.29 bits per heavy atom. The molecule has 1 rings (SSSR count). The number of carbonyl (C=O) groups is 1. The van der Waals surface area contributed by atoms with Crippen LogP contribution in [-0.2, 0) is 11.3 Å². The highest BCUT2D eigenvalue weighted by molar-refractivity contribution is 6.27. The lowest BCUT2D eigenvalue weighted by molar-refractivity contribution is -0.133. The van der Waals surface area contributed by atoms with Crippen LogP contribution in [0.15, 0.2) is 24.3 Å². The van der Waals surface area contributed by atoms with Crippen LogP contribution in [0.2, 0.25) is 0 Å². The molecule has 1 amide bonds. The van der Waals surface area contributed by atoms with Crippen molar-refractivity contribution in [3.8, 4) is 0 Å². The maximum Gasteiger partial charge on any atom is 0.238 e. The average Bonchev–Trinajstić information content (AvgIpc) is 2.25. The predicted octanol–water partition coefficient (Wildman–Crippen LogP) is 3.36. The lowest BCUT2D eigenvalue weighted by Crippen LogP contribution is -2.45. The first-order valence-corrected chi connectivity index (χ1v) is 6.30. The number of alkyl halides is 1. The Labute approximate surface area is 109 Å². The van der Waals surface area contributed by atoms with Crippen LogP contribution < -0.4 is 0 Å². The van der Waals surface area contributed by atoms with E-state index < -0.39 is 0 Å². The molecular weight excluding hydrogens is 234 g/mol. The molecule has 0 fully saturated rings. The van der Waals surface area contributed by atoms with Gasteiger partial charge in [0, 0.05) is 12.1 Å². The van der Waals surface area contributed by atoms with Crippen molar-refractivity contribution in [2.75, 3.05) is 5.88 Å². The summed E-state index contributed by atoms with van der Waals surface area (Å²) in [6, 6.07) is 8.11. The van der Waals surface area contributed by atoms with Gasteiger partial charge in [-0.2, -0.15) is 0 Å². The Kier molecular flexibility index (Phi) is 4.58. The van der Waals surface area contributed by atoms with E-state index in [2.05, 4.69) is 19.1 Å². The van der Waals surface area contributed by atoms with E-state index in [9.17, 15) is 4.79 Å². The Morgan fingerprint density at radius 2 is 1.88 bits per heavy atom. The largest absolute Gasteiger partial charge is 0.332 e. The molecule has 0 aliphatic heterocycles. The standard InChI is InChI=1S/C14H20ClNO/c1-11-7-5-6-8-12(11)10-16(13(17)9-15)14(2,3)4/h5-8H,9-10H2,1-4H3. The molecule has 3 heteroatoms. The molecule has 0 aliphatic rings. The molecule has 2 nitrogen and oxygen atoms in total. The van der Waals surface area contributed by atoms with Gasteiger partial charge in [0.05, 0.1) is 0 Å². The molecule has 0 unspecified atom stereocenters. The van der Waals surface area contributed by atoms with Crippen molar-refractivity contribution >= 4 is 17.5 Å². The van der Waals surface area contributed by atoms with Gasteiger partial charge >= 0.3 is 0 Å². The number of hydrogen-bond acceptors (Lipinski definition) is 1. The van der Waals surface area contributed by atoms with E-state index in [-0.39, 0.29) is 17.3 Å². The van der Waals surface area contributed by atoms with Crippen LogP contribution in [0.3, 0.4) is 0 Å². The van der Waals surface area contributed by atoms with Gasteiger partial charge in [0.15, 0.2) is 0 Å². The summed E-state index contributed by atoms with van der Waals surface area (Å²) in [5.74, 6) is 0.00537. The third-order valence-electron chi connectivity index (χ3n) is 2.81. The molecule has 0 radical (unpaired) electrons. The first kappa shape index (κ1) is 14.0. The Morgan fingerprint density at radius 3 is 2.35 bits per heavy atom. The molecule has 0 aliphatic carbocycles. The van der Waals surface area contributed by atoms with E-state index in [4.69, 9.17) is 11.6 Å². The van der Waals surface area contributed by atoms with E-state index in [1.807, 2.05) is 37.8 Å². The normalized spacial score (nSPS) is 11.4. The lowest BCUT2D eigenvalue weighted by Gasteiger charge is -2.35. The van der Waals surface area contributed by atoms with E-state index in [1.165, 1.54) is 11.1 Å². The third kappa shape index (κ3) is 3.74. The van der Waals surface area contributed by atoms with E-state index in [0.717, 1.165) is 0 Å². The third-order valence-corrected chi connectivity index (χ3v) is 3.04. The van der Waals surface area contributed by atoms with Crippen LogP contribution in [0.4, 0.5) is 0 Å². The van der Waals surface area contributed by atoms with Crippen molar-refractivity contribution in [3.05, 3.63) is 35.4 Å². The lowest BCUT2D eigenvalue weighted by atomic mass is 10.0. The average molecular weight is 254 g/mol. The summed E-state index contributed by atoms with van der Waals surface area (Å²) >= 11 is 5.67. The van der Waals surface area contributed by atoms with Crippen molar-refractivity contribution in [3.63, 3.8) is 0 Å². The highest BCUT2D eigenvalue weighted by Crippen LogP contribution is 2.19. The van der Waals surface area contributed by atoms with Gasteiger partial charge < -0.3 is 4.90 Å². The Hall–Kier alpha value is -1.02. The van der Waals surface area contributed by atoms with Crippen LogP contribution in [0.25, 0.3) is 0 Å². The molecule has 1 aromatic carbocycles. The molecule has 0 bridgehead atoms. The van der Waals surface area contributed by atoms with Crippen molar-refractivity contribution < 1.29 is 4.79 Å². The molecule has 0 spiro atoms. The van der Waals surface area contributed by atoms with Gasteiger partial charge in [-0.1, -0.05) is 24.3 Å². The Balaban J connectivity index is 2.95. The van der Waals surface area contributed by atoms with Crippen molar-refractivity contribution in [2.45, 2.75) is 39.8 Å². The zero-order valence-corrected chi connectivity index (χ0v) is 11.7. The Bertz CT molecular complexity index is 395. The summed E-state index contributed by atoms with van der Waals surface area (Å²) in [6.45, 7) is 8.74. The summed E-state index contributed by atoms with van der Waals surface area (Å²) in [5.41, 5.74) is 2.15. The molecule has 94 valence electrons. The van der Waals surface area contributed by atoms with Crippen LogP contribution in [0, 0.1) is 6.92 Å². The van der Waals surface area contributed by atoms with Crippen molar-refractivity contribution in [2.24, 2.45) is 0 Å². The van der Waals surface area contributed by atoms with Crippen LogP contribution in [0.1, 0.15) is 31.9 Å². The molecule has 17 heavy (non-hydrogen) atoms. The summed E-state index contributed by atoms with van der Waals surface area (Å²) in [4.78, 5) is 13.7. The fourth-order valence-corrected chi connectivity index (χ4v) is 1.87. The highest BCUT2D eigenvalue weighted by atomic mass is 35.5. The quantitative estimate of drug-likeness (QED) is 0.757. The van der Waals surface area contributed by atoms with Gasteiger partial charge in [-0.05, 0) is 38.8 Å². The first-order chi connectivity index (χ1) is 7.86. The molecule has 0 aromatic heterocycles. The summed E-state index contributed by atoms with van der Waals surface area (Å²) in [7, 11) is 0. The minimum absolute atomic E-state index is 0.0255. The maximum atomic E-state index is 11.9. The van der Waals surface area contributed by atoms with E-state index in [1.54, 1.807) is 0 Å². The van der Waals surface area contributed by atoms with Gasteiger partial charge in [-0.3, -0.25) is 4.79 Å². The summed E-state index contributed by atoms with van der Waals surface area (Å²) in [6.07, 6.45) is 0. The van der Waals surface area contributed by atoms with Crippen molar-refractivity contribution in [1.82, 2.24) is 4.90 Å². The minimum Gasteiger partial charge on any atom is -0.332 e. The van der Waals surface area contributed by atoms with Gasteiger partial charge in [-0.25, -0.2) is 0 Å². The van der Waals surface area contributed by atoms with Crippen LogP contribution >= 0.6 is 11.6 Å². The monoisotopic (exact) mass is 253 g/mol. The molecule has 0 atom stereocenters. The number of nitrogens with zero attached hydrogens (tertiary/aromatic N) is 1. The number of rotatable bonds is 3. The van der Waals surface area contributed by atoms with Crippen LogP contribution in [-0.4, -0.2) is 22.2 Å². The topological polar surface area (TPSA) is 20.3 Å². The number of benzene rings is 1. The molecular formula is C14H20ClNO. The molecule has 0 saturated carbocycles. The second-order valence-corrected chi connectivity index (χ2v) is 5.48. The zero-order chi connectivity index (χ0) is 13.1. The van der Waals surface area contributed by atoms with Gasteiger partial charge in [0.1, 0.15) is 5.88 Å². The first-order valence-electron chi connectivity index (χ1n) is 5.77. The van der Waals surface area contributed by atoms with E-state index >= 15 is 0 Å². The second-order valence-electron chi connectivity index (χ2n) is 5.21. The molecule has 0 saturated heterocycles. The smallest absolute Gasteiger partial charge is 0.238 e. The summed E-state index contributed by atoms with van der Waals surface area (Å²) < 4.78 is 0. The predicted molar refractivity (Wildman–Crippen MR) is 72.2 cm³/mol.